The summed E-state index contributed by atoms with van der Waals surface area (Å²) in [4.78, 5) is 0. The van der Waals surface area contributed by atoms with E-state index in [4.69, 9.17) is 10.2 Å². The van der Waals surface area contributed by atoms with Crippen molar-refractivity contribution in [2.24, 2.45) is 0 Å². The second-order valence-corrected chi connectivity index (χ2v) is 1.03. The third-order valence-corrected chi connectivity index (χ3v) is 0.264. The molecule has 5 heavy (non-hydrogen) atoms. The van der Waals surface area contributed by atoms with Crippen molar-refractivity contribution >= 4 is 7.85 Å². The van der Waals surface area contributed by atoms with Gasteiger partial charge in [0.05, 0.1) is 6.61 Å². The lowest BCUT2D eigenvalue weighted by atomic mass is 10.0. The minimum absolute atomic E-state index is 0.139. The fourth-order valence-corrected chi connectivity index (χ4v) is 0. The molecule has 0 amide bonds. The summed E-state index contributed by atoms with van der Waals surface area (Å²) in [5, 5.41) is 16.0. The normalized spacial score (nSPS) is 14.8. The Morgan fingerprint density at radius 1 is 1.80 bits per heavy atom. The molecular formula is C2H7BO2. The van der Waals surface area contributed by atoms with Gasteiger partial charge < -0.3 is 10.2 Å². The molecule has 0 aromatic carbocycles. The van der Waals surface area contributed by atoms with E-state index in [0.717, 1.165) is 0 Å². The van der Waals surface area contributed by atoms with Crippen LogP contribution < -0.4 is 0 Å². The van der Waals surface area contributed by atoms with Crippen LogP contribution in [0.4, 0.5) is 0 Å². The fraction of sp³-hybridized carbons (Fsp3) is 1.00. The van der Waals surface area contributed by atoms with Gasteiger partial charge in [-0.05, 0) is 0 Å². The first-order valence-corrected chi connectivity index (χ1v) is 1.56. The third-order valence-electron chi connectivity index (χ3n) is 0.264. The number of hydrogen-bond donors (Lipinski definition) is 2. The Labute approximate surface area is 31.8 Å². The van der Waals surface area contributed by atoms with Crippen molar-refractivity contribution in [1.29, 1.82) is 0 Å². The largest absolute Gasteiger partial charge is 0.400 e. The van der Waals surface area contributed by atoms with Crippen molar-refractivity contribution in [1.82, 2.24) is 0 Å². The number of aliphatic hydroxyl groups is 2. The molecule has 1 unspecified atom stereocenters. The average Bonchev–Trinajstić information content (AvgIpc) is 1.38. The summed E-state index contributed by atoms with van der Waals surface area (Å²) in [5.41, 5.74) is 0. The number of aliphatic hydroxyl groups excluding tert-OH is 2. The van der Waals surface area contributed by atoms with E-state index in [1.165, 1.54) is 7.85 Å². The van der Waals surface area contributed by atoms with E-state index in [0.29, 0.717) is 0 Å². The van der Waals surface area contributed by atoms with Gasteiger partial charge in [0, 0.05) is 6.00 Å². The van der Waals surface area contributed by atoms with Crippen LogP contribution in [0.2, 0.25) is 0 Å². The number of hydrogen-bond acceptors (Lipinski definition) is 2. The van der Waals surface area contributed by atoms with Crippen LogP contribution >= 0.6 is 0 Å². The SMILES string of the molecule is BC(O)CO. The van der Waals surface area contributed by atoms with Crippen molar-refractivity contribution < 1.29 is 10.2 Å². The monoisotopic (exact) mass is 74.1 g/mol. The molecule has 0 saturated carbocycles. The maximum atomic E-state index is 8.11. The highest BCUT2D eigenvalue weighted by molar-refractivity contribution is 6.10. The Hall–Kier alpha value is -0.0151. The van der Waals surface area contributed by atoms with Gasteiger partial charge in [0.1, 0.15) is 7.85 Å². The van der Waals surface area contributed by atoms with Gasteiger partial charge in [-0.1, -0.05) is 0 Å². The lowest BCUT2D eigenvalue weighted by Crippen LogP contribution is -2.09. The molecule has 0 aliphatic carbocycles. The van der Waals surface area contributed by atoms with E-state index in [9.17, 15) is 0 Å². The van der Waals surface area contributed by atoms with Crippen LogP contribution in [0.3, 0.4) is 0 Å². The van der Waals surface area contributed by atoms with Crippen LogP contribution in [-0.4, -0.2) is 30.7 Å². The second-order valence-electron chi connectivity index (χ2n) is 1.03. The average molecular weight is 73.9 g/mol. The number of rotatable bonds is 1. The van der Waals surface area contributed by atoms with Gasteiger partial charge in [-0.25, -0.2) is 0 Å². The van der Waals surface area contributed by atoms with E-state index >= 15 is 0 Å². The van der Waals surface area contributed by atoms with Gasteiger partial charge >= 0.3 is 0 Å². The molecule has 0 aliphatic rings. The van der Waals surface area contributed by atoms with Crippen LogP contribution in [0.1, 0.15) is 0 Å². The minimum Gasteiger partial charge on any atom is -0.400 e. The van der Waals surface area contributed by atoms with E-state index in [1.54, 1.807) is 0 Å². The molecule has 0 heterocycles. The molecule has 1 atom stereocenters. The molecule has 0 fully saturated rings. The van der Waals surface area contributed by atoms with Crippen LogP contribution in [-0.2, 0) is 0 Å². The topological polar surface area (TPSA) is 40.5 Å². The summed E-state index contributed by atoms with van der Waals surface area (Å²) >= 11 is 0. The molecule has 0 rings (SSSR count). The Balaban J connectivity index is 2.54. The molecular weight excluding hydrogens is 66.8 g/mol. The Kier molecular flexibility index (Phi) is 2.23. The van der Waals surface area contributed by atoms with E-state index in [-0.39, 0.29) is 6.61 Å². The van der Waals surface area contributed by atoms with E-state index in [1.807, 2.05) is 0 Å². The predicted molar refractivity (Wildman–Crippen MR) is 21.6 cm³/mol. The summed E-state index contributed by atoms with van der Waals surface area (Å²) in [6.07, 6.45) is 0. The molecule has 0 spiro atoms. The summed E-state index contributed by atoms with van der Waals surface area (Å²) < 4.78 is 0. The maximum absolute atomic E-state index is 8.11. The van der Waals surface area contributed by atoms with Crippen LogP contribution in [0, 0.1) is 0 Å². The zero-order chi connectivity index (χ0) is 4.28. The highest BCUT2D eigenvalue weighted by Gasteiger charge is 1.84. The predicted octanol–water partition coefficient (Wildman–Crippen LogP) is -2.07. The molecule has 0 aromatic heterocycles. The minimum atomic E-state index is -0.560. The molecule has 3 heteroatoms. The lowest BCUT2D eigenvalue weighted by Gasteiger charge is -1.89. The van der Waals surface area contributed by atoms with Crippen LogP contribution in [0.15, 0.2) is 0 Å². The molecule has 0 bridgehead atoms. The smallest absolute Gasteiger partial charge is 0.141 e. The highest BCUT2D eigenvalue weighted by atomic mass is 16.3. The van der Waals surface area contributed by atoms with Crippen molar-refractivity contribution in [3.05, 3.63) is 0 Å². The van der Waals surface area contributed by atoms with Gasteiger partial charge in [-0.3, -0.25) is 0 Å². The zero-order valence-electron chi connectivity index (χ0n) is 3.18. The summed E-state index contributed by atoms with van der Waals surface area (Å²) in [5.74, 6) is 0. The Bertz CT molecular complexity index is 21.6. The summed E-state index contributed by atoms with van der Waals surface area (Å²) in [6.45, 7) is -0.139. The molecule has 2 nitrogen and oxygen atoms in total. The highest BCUT2D eigenvalue weighted by Crippen LogP contribution is 1.61. The van der Waals surface area contributed by atoms with Gasteiger partial charge in [0.25, 0.3) is 0 Å². The van der Waals surface area contributed by atoms with Gasteiger partial charge in [-0.15, -0.1) is 0 Å². The standard InChI is InChI=1S/C2H7BO2/c3-2(5)1-4/h2,4-5H,1,3H2. The third kappa shape index (κ3) is 3.98. The van der Waals surface area contributed by atoms with Crippen molar-refractivity contribution in [2.75, 3.05) is 6.61 Å². The lowest BCUT2D eigenvalue weighted by molar-refractivity contribution is 0.155. The van der Waals surface area contributed by atoms with Crippen molar-refractivity contribution in [3.63, 3.8) is 0 Å². The summed E-state index contributed by atoms with van der Waals surface area (Å²) in [7, 11) is 1.53. The zero-order valence-corrected chi connectivity index (χ0v) is 3.18. The van der Waals surface area contributed by atoms with Gasteiger partial charge in [0.2, 0.25) is 0 Å². The van der Waals surface area contributed by atoms with Crippen LogP contribution in [0.25, 0.3) is 0 Å². The molecule has 30 valence electrons. The quantitative estimate of drug-likeness (QED) is 0.351. The molecule has 0 aromatic rings. The fourth-order valence-electron chi connectivity index (χ4n) is 0. The Morgan fingerprint density at radius 2 is 2.00 bits per heavy atom. The Morgan fingerprint density at radius 3 is 2.00 bits per heavy atom. The van der Waals surface area contributed by atoms with E-state index < -0.39 is 6.00 Å². The molecule has 0 radical (unpaired) electrons. The van der Waals surface area contributed by atoms with Crippen molar-refractivity contribution in [2.45, 2.75) is 6.00 Å². The van der Waals surface area contributed by atoms with Gasteiger partial charge in [0.15, 0.2) is 0 Å². The molecule has 2 N–H and O–H groups in total. The van der Waals surface area contributed by atoms with Crippen molar-refractivity contribution in [3.8, 4) is 0 Å². The van der Waals surface area contributed by atoms with E-state index in [2.05, 4.69) is 0 Å². The van der Waals surface area contributed by atoms with Gasteiger partial charge in [-0.2, -0.15) is 0 Å². The second kappa shape index (κ2) is 2.24. The first-order chi connectivity index (χ1) is 2.27. The first-order valence-electron chi connectivity index (χ1n) is 1.56. The molecule has 0 saturated heterocycles. The summed E-state index contributed by atoms with van der Waals surface area (Å²) in [6, 6.07) is -0.560. The van der Waals surface area contributed by atoms with Crippen LogP contribution in [0.5, 0.6) is 0 Å². The molecule has 0 aliphatic heterocycles. The maximum Gasteiger partial charge on any atom is 0.141 e. The first kappa shape index (κ1) is 4.98.